The van der Waals surface area contributed by atoms with E-state index in [0.29, 0.717) is 0 Å². The van der Waals surface area contributed by atoms with Crippen molar-refractivity contribution in [1.82, 2.24) is 4.65 Å². The summed E-state index contributed by atoms with van der Waals surface area (Å²) >= 11 is 0. The van der Waals surface area contributed by atoms with Gasteiger partial charge >= 0.3 is 0 Å². The monoisotopic (exact) mass is 106 g/mol. The van der Waals surface area contributed by atoms with Gasteiger partial charge in [-0.2, -0.15) is 0 Å². The largest absolute Gasteiger partial charge is 0.357 e. The minimum Gasteiger partial charge on any atom is -0.357 e. The third-order valence-electron chi connectivity index (χ3n) is 0.394. The van der Waals surface area contributed by atoms with E-state index in [1.54, 1.807) is 0 Å². The number of nitrogens with two attached hydrogens (primary N) is 1. The van der Waals surface area contributed by atoms with Crippen molar-refractivity contribution < 1.29 is 0 Å². The van der Waals surface area contributed by atoms with Crippen LogP contribution in [0.3, 0.4) is 0 Å². The van der Waals surface area contributed by atoms with Crippen LogP contribution in [0.2, 0.25) is 6.55 Å². The summed E-state index contributed by atoms with van der Waals surface area (Å²) in [6.45, 7) is 2.19. The molecular formula is CH10N2Si2. The minimum absolute atomic E-state index is 0.101. The predicted molar refractivity (Wildman–Crippen MR) is 30.3 cm³/mol. The van der Waals surface area contributed by atoms with E-state index < -0.39 is 0 Å². The molecule has 0 aliphatic heterocycles. The van der Waals surface area contributed by atoms with Gasteiger partial charge in [0.15, 0.2) is 9.84 Å². The minimum atomic E-state index is -0.274. The molecule has 0 atom stereocenters. The van der Waals surface area contributed by atoms with Gasteiger partial charge < -0.3 is 10.0 Å². The van der Waals surface area contributed by atoms with E-state index in [0.717, 1.165) is 0 Å². The van der Waals surface area contributed by atoms with Gasteiger partial charge in [0.1, 0.15) is 0 Å². The molecule has 32 valence electrons. The second-order valence-corrected chi connectivity index (χ2v) is 3.92. The van der Waals surface area contributed by atoms with E-state index in [9.17, 15) is 0 Å². The third-order valence-corrected chi connectivity index (χ3v) is 3.55. The maximum atomic E-state index is 5.20. The van der Waals surface area contributed by atoms with Crippen LogP contribution in [0.25, 0.3) is 0 Å². The first-order chi connectivity index (χ1) is 2.41. The quantitative estimate of drug-likeness (QED) is 0.387. The fourth-order valence-electron chi connectivity index (χ4n) is 0.144. The first kappa shape index (κ1) is 5.35. The first-order valence-electron chi connectivity index (χ1n) is 1.82. The van der Waals surface area contributed by atoms with Crippen LogP contribution in [0.4, 0.5) is 0 Å². The molecule has 4 heteroatoms. The van der Waals surface area contributed by atoms with Gasteiger partial charge in [-0.3, -0.25) is 0 Å². The van der Waals surface area contributed by atoms with Crippen LogP contribution in [0, 0.1) is 0 Å². The molecule has 0 spiro atoms. The Bertz CT molecular complexity index is 15.1. The Balaban J connectivity index is 2.19. The highest BCUT2D eigenvalue weighted by Gasteiger charge is 1.66. The van der Waals surface area contributed by atoms with Crippen molar-refractivity contribution in [2.24, 2.45) is 5.40 Å². The van der Waals surface area contributed by atoms with E-state index in [2.05, 4.69) is 11.2 Å². The summed E-state index contributed by atoms with van der Waals surface area (Å²) in [6.07, 6.45) is 0. The lowest BCUT2D eigenvalue weighted by Gasteiger charge is -1.84. The highest BCUT2D eigenvalue weighted by atomic mass is 28.3. The Morgan fingerprint density at radius 3 is 2.40 bits per heavy atom. The van der Waals surface area contributed by atoms with E-state index in [4.69, 9.17) is 5.40 Å². The topological polar surface area (TPSA) is 38.0 Å². The predicted octanol–water partition coefficient (Wildman–Crippen LogP) is -2.33. The Hall–Kier alpha value is 0.354. The zero-order valence-corrected chi connectivity index (χ0v) is 6.32. The summed E-state index contributed by atoms with van der Waals surface area (Å²) in [7, 11) is -0.174. The summed E-state index contributed by atoms with van der Waals surface area (Å²) in [5.41, 5.74) is 0. The number of nitrogens with one attached hydrogen (secondary N) is 1. The highest BCUT2D eigenvalue weighted by Crippen LogP contribution is 1.32. The maximum absolute atomic E-state index is 5.20. The molecule has 2 nitrogen and oxygen atoms in total. The molecule has 0 aromatic heterocycles. The molecule has 0 aliphatic carbocycles. The van der Waals surface area contributed by atoms with E-state index in [1.807, 2.05) is 0 Å². The summed E-state index contributed by atoms with van der Waals surface area (Å²) in [4.78, 5) is 0. The lowest BCUT2D eigenvalue weighted by molar-refractivity contribution is 1.53. The molecule has 0 radical (unpaired) electrons. The van der Waals surface area contributed by atoms with Crippen LogP contribution in [0.15, 0.2) is 0 Å². The normalized spacial score (nSPS) is 13.2. The van der Waals surface area contributed by atoms with Gasteiger partial charge in [0.05, 0.1) is 9.68 Å². The molecule has 0 rings (SSSR count). The van der Waals surface area contributed by atoms with Crippen molar-refractivity contribution in [2.45, 2.75) is 6.55 Å². The molecule has 0 aliphatic rings. The van der Waals surface area contributed by atoms with Gasteiger partial charge in [-0.15, -0.1) is 0 Å². The maximum Gasteiger partial charge on any atom is 0.157 e. The molecular weight excluding hydrogens is 96.2 g/mol. The van der Waals surface area contributed by atoms with Gasteiger partial charge in [0.25, 0.3) is 0 Å². The van der Waals surface area contributed by atoms with Gasteiger partial charge in [0.2, 0.25) is 0 Å². The second-order valence-electron chi connectivity index (χ2n) is 0.808. The third kappa shape index (κ3) is 4.35. The average Bonchev–Trinajstić information content (AvgIpc) is 1.41. The molecule has 0 bridgehead atoms. The summed E-state index contributed by atoms with van der Waals surface area (Å²) in [5.74, 6) is 0. The van der Waals surface area contributed by atoms with Crippen LogP contribution >= 0.6 is 0 Å². The van der Waals surface area contributed by atoms with Crippen molar-refractivity contribution in [3.05, 3.63) is 0 Å². The highest BCUT2D eigenvalue weighted by molar-refractivity contribution is 6.47. The van der Waals surface area contributed by atoms with Crippen LogP contribution < -0.4 is 10.0 Å². The van der Waals surface area contributed by atoms with Gasteiger partial charge in [-0.05, 0) is 0 Å². The zero-order chi connectivity index (χ0) is 4.12. The van der Waals surface area contributed by atoms with Crippen LogP contribution in [0.5, 0.6) is 0 Å². The lowest BCUT2D eigenvalue weighted by Crippen LogP contribution is -2.28. The Morgan fingerprint density at radius 1 is 1.80 bits per heavy atom. The van der Waals surface area contributed by atoms with Gasteiger partial charge in [-0.25, -0.2) is 0 Å². The average molecular weight is 106 g/mol. The second kappa shape index (κ2) is 4.35. The smallest absolute Gasteiger partial charge is 0.157 e. The van der Waals surface area contributed by atoms with Crippen molar-refractivity contribution >= 4 is 19.5 Å². The molecule has 0 fully saturated rings. The van der Waals surface area contributed by atoms with Crippen molar-refractivity contribution in [3.8, 4) is 0 Å². The molecule has 3 N–H and O–H groups in total. The van der Waals surface area contributed by atoms with E-state index in [1.165, 1.54) is 0 Å². The molecule has 0 aromatic rings. The standard InChI is InChI=1S/CH10N2Si2/c1-4-3-5-2/h3H,2,4-5H2,1H3. The number of hydrogen-bond donors (Lipinski definition) is 2. The molecule has 0 saturated heterocycles. The van der Waals surface area contributed by atoms with Crippen LogP contribution in [-0.4, -0.2) is 19.5 Å². The molecule has 0 amide bonds. The molecule has 0 saturated carbocycles. The number of rotatable bonds is 2. The Kier molecular flexibility index (Phi) is 4.66. The van der Waals surface area contributed by atoms with Gasteiger partial charge in [-0.1, -0.05) is 6.55 Å². The summed E-state index contributed by atoms with van der Waals surface area (Å²) in [6, 6.07) is 0. The molecule has 5 heavy (non-hydrogen) atoms. The van der Waals surface area contributed by atoms with E-state index in [-0.39, 0.29) is 19.5 Å². The first-order valence-corrected chi connectivity index (χ1v) is 5.47. The fraction of sp³-hybridized carbons (Fsp3) is 1.00. The van der Waals surface area contributed by atoms with Gasteiger partial charge in [0, 0.05) is 0 Å². The number of hydrogen-bond acceptors (Lipinski definition) is 2. The van der Waals surface area contributed by atoms with Crippen molar-refractivity contribution in [2.75, 3.05) is 0 Å². The fourth-order valence-corrected chi connectivity index (χ4v) is 1.30. The van der Waals surface area contributed by atoms with Crippen LogP contribution in [0.1, 0.15) is 0 Å². The van der Waals surface area contributed by atoms with E-state index >= 15 is 0 Å². The molecule has 0 unspecified atom stereocenters. The zero-order valence-electron chi connectivity index (χ0n) is 3.49. The van der Waals surface area contributed by atoms with Crippen molar-refractivity contribution in [1.29, 1.82) is 0 Å². The molecule has 0 heterocycles. The molecule has 0 aromatic carbocycles. The van der Waals surface area contributed by atoms with Crippen molar-refractivity contribution in [3.63, 3.8) is 0 Å². The van der Waals surface area contributed by atoms with Crippen LogP contribution in [-0.2, 0) is 0 Å². The summed E-state index contributed by atoms with van der Waals surface area (Å²) in [5, 5.41) is 5.20. The SMILES string of the molecule is C[SiH2]N[SiH2]N. The Morgan fingerprint density at radius 2 is 2.40 bits per heavy atom. The lowest BCUT2D eigenvalue weighted by atomic mass is 11.9. The summed E-state index contributed by atoms with van der Waals surface area (Å²) < 4.78 is 3.17. The Labute approximate surface area is 37.0 Å².